The summed E-state index contributed by atoms with van der Waals surface area (Å²) in [6.07, 6.45) is 2.79. The molecular weight excluding hydrogens is 589 g/mol. The normalized spacial score (nSPS) is 20.0. The number of aliphatic hydroxyl groups is 1. The summed E-state index contributed by atoms with van der Waals surface area (Å²) in [4.78, 5) is 11.5. The Morgan fingerprint density at radius 3 is 2.39 bits per heavy atom. The summed E-state index contributed by atoms with van der Waals surface area (Å²) >= 11 is 19.6. The third-order valence-electron chi connectivity index (χ3n) is 7.88. The predicted octanol–water partition coefficient (Wildman–Crippen LogP) is 8.23. The number of rotatable bonds is 9. The van der Waals surface area contributed by atoms with E-state index in [1.54, 1.807) is 55.6 Å². The SMILES string of the molecule is COc1ccc(C(=O)O)cc1[C@H]1C[C@](O)(c2ccc(OCc3c(-c4c(Cl)cccc4Cl)noc3C3CC3)cc2Cl)C1. The fourth-order valence-electron chi connectivity index (χ4n) is 5.55. The lowest BCUT2D eigenvalue weighted by Gasteiger charge is -2.45. The number of benzene rings is 3. The van der Waals surface area contributed by atoms with Gasteiger partial charge in [0.05, 0.1) is 38.9 Å². The summed E-state index contributed by atoms with van der Waals surface area (Å²) in [6.45, 7) is 0.175. The first-order chi connectivity index (χ1) is 19.7. The van der Waals surface area contributed by atoms with Crippen molar-refractivity contribution in [3.8, 4) is 22.8 Å². The van der Waals surface area contributed by atoms with Crippen LogP contribution in [0.1, 0.15) is 70.3 Å². The number of aromatic nitrogens is 1. The highest BCUT2D eigenvalue weighted by atomic mass is 35.5. The van der Waals surface area contributed by atoms with Crippen LogP contribution in [0.4, 0.5) is 0 Å². The third-order valence-corrected chi connectivity index (χ3v) is 8.82. The molecule has 7 nitrogen and oxygen atoms in total. The zero-order chi connectivity index (χ0) is 28.9. The number of hydrogen-bond donors (Lipinski definition) is 2. The number of carbonyl (C=O) groups is 1. The fraction of sp³-hybridized carbons (Fsp3) is 0.290. The van der Waals surface area contributed by atoms with E-state index in [0.717, 1.165) is 29.7 Å². The lowest BCUT2D eigenvalue weighted by atomic mass is 9.64. The van der Waals surface area contributed by atoms with Crippen LogP contribution in [0.5, 0.6) is 11.5 Å². The van der Waals surface area contributed by atoms with E-state index in [-0.39, 0.29) is 24.0 Å². The van der Waals surface area contributed by atoms with Crippen LogP contribution in [0.25, 0.3) is 11.3 Å². The van der Waals surface area contributed by atoms with Gasteiger partial charge < -0.3 is 24.2 Å². The lowest BCUT2D eigenvalue weighted by molar-refractivity contribution is -0.0553. The van der Waals surface area contributed by atoms with Crippen molar-refractivity contribution >= 4 is 40.8 Å². The first-order valence-corrected chi connectivity index (χ1v) is 14.3. The van der Waals surface area contributed by atoms with Gasteiger partial charge in [0.2, 0.25) is 0 Å². The Hall–Kier alpha value is -3.23. The molecule has 212 valence electrons. The number of aromatic carboxylic acids is 1. The highest BCUT2D eigenvalue weighted by Crippen LogP contribution is 2.54. The molecule has 2 N–H and O–H groups in total. The molecule has 1 aromatic heterocycles. The average Bonchev–Trinajstić information content (AvgIpc) is 3.69. The Morgan fingerprint density at radius 1 is 1.02 bits per heavy atom. The van der Waals surface area contributed by atoms with Crippen molar-refractivity contribution < 1.29 is 29.0 Å². The van der Waals surface area contributed by atoms with Gasteiger partial charge >= 0.3 is 5.97 Å². The van der Waals surface area contributed by atoms with Crippen LogP contribution in [-0.2, 0) is 12.2 Å². The summed E-state index contributed by atoms with van der Waals surface area (Å²) in [7, 11) is 1.54. The molecule has 10 heteroatoms. The van der Waals surface area contributed by atoms with Gasteiger partial charge in [0.15, 0.2) is 0 Å². The zero-order valence-electron chi connectivity index (χ0n) is 22.0. The lowest BCUT2D eigenvalue weighted by Crippen LogP contribution is -2.40. The van der Waals surface area contributed by atoms with Gasteiger partial charge in [-0.1, -0.05) is 52.1 Å². The second-order valence-corrected chi connectivity index (χ2v) is 11.8. The summed E-state index contributed by atoms with van der Waals surface area (Å²) in [6, 6.07) is 15.3. The molecule has 2 aliphatic carbocycles. The fourth-order valence-corrected chi connectivity index (χ4v) is 6.47. The number of methoxy groups -OCH3 is 1. The monoisotopic (exact) mass is 613 g/mol. The smallest absolute Gasteiger partial charge is 0.335 e. The van der Waals surface area contributed by atoms with Crippen LogP contribution < -0.4 is 9.47 Å². The van der Waals surface area contributed by atoms with Crippen molar-refractivity contribution in [2.24, 2.45) is 0 Å². The number of hydrogen-bond acceptors (Lipinski definition) is 6. The van der Waals surface area contributed by atoms with E-state index in [2.05, 4.69) is 5.16 Å². The van der Waals surface area contributed by atoms with Crippen LogP contribution in [0.15, 0.2) is 59.1 Å². The van der Waals surface area contributed by atoms with Crippen LogP contribution in [-0.4, -0.2) is 28.4 Å². The Labute approximate surface area is 251 Å². The maximum Gasteiger partial charge on any atom is 0.335 e. The van der Waals surface area contributed by atoms with E-state index in [1.807, 2.05) is 0 Å². The van der Waals surface area contributed by atoms with Crippen LogP contribution in [0.3, 0.4) is 0 Å². The number of carboxylic acids is 1. The van der Waals surface area contributed by atoms with Crippen molar-refractivity contribution in [2.45, 2.75) is 49.7 Å². The Balaban J connectivity index is 1.20. The highest BCUT2D eigenvalue weighted by molar-refractivity contribution is 6.39. The van der Waals surface area contributed by atoms with Gasteiger partial charge in [0, 0.05) is 17.0 Å². The highest BCUT2D eigenvalue weighted by Gasteiger charge is 2.46. The molecular formula is C31H26Cl3NO6. The van der Waals surface area contributed by atoms with Crippen molar-refractivity contribution in [3.63, 3.8) is 0 Å². The maximum atomic E-state index is 11.5. The quantitative estimate of drug-likeness (QED) is 0.196. The molecule has 0 amide bonds. The number of ether oxygens (including phenoxy) is 2. The molecule has 1 heterocycles. The van der Waals surface area contributed by atoms with E-state index >= 15 is 0 Å². The second kappa shape index (κ2) is 10.9. The summed E-state index contributed by atoms with van der Waals surface area (Å²) in [5, 5.41) is 26.4. The van der Waals surface area contributed by atoms with E-state index in [4.69, 9.17) is 48.8 Å². The zero-order valence-corrected chi connectivity index (χ0v) is 24.3. The Morgan fingerprint density at radius 2 is 1.76 bits per heavy atom. The molecule has 0 saturated heterocycles. The molecule has 0 aliphatic heterocycles. The number of halogens is 3. The Kier molecular flexibility index (Phi) is 7.41. The predicted molar refractivity (Wildman–Crippen MR) is 156 cm³/mol. The minimum Gasteiger partial charge on any atom is -0.496 e. The molecule has 41 heavy (non-hydrogen) atoms. The van der Waals surface area contributed by atoms with Crippen molar-refractivity contribution in [2.75, 3.05) is 7.11 Å². The van der Waals surface area contributed by atoms with E-state index in [0.29, 0.717) is 56.2 Å². The minimum atomic E-state index is -1.16. The molecule has 0 spiro atoms. The van der Waals surface area contributed by atoms with Crippen molar-refractivity contribution in [1.82, 2.24) is 5.16 Å². The van der Waals surface area contributed by atoms with Gasteiger partial charge in [0.25, 0.3) is 0 Å². The van der Waals surface area contributed by atoms with Crippen molar-refractivity contribution in [3.05, 3.63) is 97.7 Å². The van der Waals surface area contributed by atoms with Crippen LogP contribution in [0.2, 0.25) is 15.1 Å². The topological polar surface area (TPSA) is 102 Å². The molecule has 0 unspecified atom stereocenters. The molecule has 2 fully saturated rings. The molecule has 2 aliphatic rings. The average molecular weight is 615 g/mol. The van der Waals surface area contributed by atoms with Crippen LogP contribution in [0, 0.1) is 0 Å². The van der Waals surface area contributed by atoms with Crippen LogP contribution >= 0.6 is 34.8 Å². The van der Waals surface area contributed by atoms with Gasteiger partial charge in [-0.15, -0.1) is 0 Å². The first kappa shape index (κ1) is 27.9. The van der Waals surface area contributed by atoms with E-state index in [9.17, 15) is 15.0 Å². The number of carboxylic acid groups (broad SMARTS) is 1. The van der Waals surface area contributed by atoms with Gasteiger partial charge in [0.1, 0.15) is 29.6 Å². The van der Waals surface area contributed by atoms with E-state index in [1.165, 1.54) is 6.07 Å². The molecule has 3 aromatic carbocycles. The van der Waals surface area contributed by atoms with Crippen molar-refractivity contribution in [1.29, 1.82) is 0 Å². The third kappa shape index (κ3) is 5.28. The molecule has 6 rings (SSSR count). The molecule has 0 atom stereocenters. The van der Waals surface area contributed by atoms with Gasteiger partial charge in [-0.25, -0.2) is 4.79 Å². The number of nitrogens with zero attached hydrogens (tertiary/aromatic N) is 1. The van der Waals surface area contributed by atoms with Gasteiger partial charge in [-0.2, -0.15) is 0 Å². The minimum absolute atomic E-state index is 0.0780. The largest absolute Gasteiger partial charge is 0.496 e. The molecule has 0 radical (unpaired) electrons. The standard InChI is InChI=1S/C31H26Cl3NO6/c1-39-26-10-7-17(30(36)37)11-20(26)18-13-31(38,14-18)22-9-8-19(12-25(22)34)40-15-21-28(35-41-29(21)16-5-6-16)27-23(32)3-2-4-24(27)33/h2-4,7-12,16,18,38H,5-6,13-15H2,1H3,(H,36,37)/t18-,31+. The van der Waals surface area contributed by atoms with Gasteiger partial charge in [-0.05, 0) is 79.6 Å². The summed E-state index contributed by atoms with van der Waals surface area (Å²) in [5.41, 5.74) is 2.31. The molecule has 4 aromatic rings. The second-order valence-electron chi connectivity index (χ2n) is 10.6. The summed E-state index contributed by atoms with van der Waals surface area (Å²) < 4.78 is 17.3. The van der Waals surface area contributed by atoms with E-state index < -0.39 is 11.6 Å². The molecule has 2 saturated carbocycles. The first-order valence-electron chi connectivity index (χ1n) is 13.2. The molecule has 0 bridgehead atoms. The van der Waals surface area contributed by atoms with Gasteiger partial charge in [-0.3, -0.25) is 0 Å². The summed E-state index contributed by atoms with van der Waals surface area (Å²) in [5.74, 6) is 1.08. The Bertz CT molecular complexity index is 1620. The maximum absolute atomic E-state index is 11.5.